The minimum Gasteiger partial charge on any atom is -0.337 e. The number of carbonyl (C=O) groups excluding carboxylic acids is 1. The first-order chi connectivity index (χ1) is 11.9. The van der Waals surface area contributed by atoms with Gasteiger partial charge in [0.05, 0.1) is 0 Å². The SMILES string of the molecule is CN1CCCN(C(=O)c2ccc(F)c(S(=O)(=O)N3CCCC3)c2)CC1. The van der Waals surface area contributed by atoms with Gasteiger partial charge in [-0.25, -0.2) is 12.8 Å². The Hall–Kier alpha value is -1.51. The van der Waals surface area contributed by atoms with Crippen molar-refractivity contribution in [1.29, 1.82) is 0 Å². The molecule has 1 amide bonds. The Balaban J connectivity index is 1.87. The quantitative estimate of drug-likeness (QED) is 0.808. The number of likely N-dealkylation sites (N-methyl/N-ethyl adjacent to an activating group) is 1. The summed E-state index contributed by atoms with van der Waals surface area (Å²) in [5.74, 6) is -1.05. The van der Waals surface area contributed by atoms with E-state index in [0.717, 1.165) is 38.4 Å². The summed E-state index contributed by atoms with van der Waals surface area (Å²) in [4.78, 5) is 16.2. The Morgan fingerprint density at radius 2 is 1.72 bits per heavy atom. The van der Waals surface area contributed by atoms with Gasteiger partial charge >= 0.3 is 0 Å². The van der Waals surface area contributed by atoms with E-state index < -0.39 is 20.7 Å². The summed E-state index contributed by atoms with van der Waals surface area (Å²) in [6.07, 6.45) is 2.42. The first-order valence-corrected chi connectivity index (χ1v) is 10.1. The highest BCUT2D eigenvalue weighted by molar-refractivity contribution is 7.89. The molecule has 0 bridgehead atoms. The van der Waals surface area contributed by atoms with Crippen LogP contribution >= 0.6 is 0 Å². The average Bonchev–Trinajstić information content (AvgIpc) is 3.05. The fourth-order valence-corrected chi connectivity index (χ4v) is 4.94. The van der Waals surface area contributed by atoms with Crippen molar-refractivity contribution >= 4 is 15.9 Å². The summed E-state index contributed by atoms with van der Waals surface area (Å²) in [5.41, 5.74) is 0.226. The Morgan fingerprint density at radius 3 is 2.44 bits per heavy atom. The first kappa shape index (κ1) is 18.3. The zero-order chi connectivity index (χ0) is 18.0. The number of hydrogen-bond donors (Lipinski definition) is 0. The van der Waals surface area contributed by atoms with E-state index in [2.05, 4.69) is 4.90 Å². The van der Waals surface area contributed by atoms with Crippen LogP contribution in [0.25, 0.3) is 0 Å². The maximum absolute atomic E-state index is 14.2. The molecule has 1 aromatic carbocycles. The normalized spacial score (nSPS) is 20.6. The highest BCUT2D eigenvalue weighted by Crippen LogP contribution is 2.24. The number of rotatable bonds is 3. The van der Waals surface area contributed by atoms with Gasteiger partial charge in [0, 0.05) is 38.3 Å². The minimum absolute atomic E-state index is 0.226. The van der Waals surface area contributed by atoms with Crippen LogP contribution in [0.3, 0.4) is 0 Å². The smallest absolute Gasteiger partial charge is 0.253 e. The molecule has 2 heterocycles. The van der Waals surface area contributed by atoms with E-state index in [1.165, 1.54) is 16.4 Å². The van der Waals surface area contributed by atoms with Gasteiger partial charge in [0.2, 0.25) is 10.0 Å². The van der Waals surface area contributed by atoms with Crippen LogP contribution in [0.1, 0.15) is 29.6 Å². The highest BCUT2D eigenvalue weighted by atomic mass is 32.2. The largest absolute Gasteiger partial charge is 0.337 e. The second-order valence-electron chi connectivity index (χ2n) is 6.71. The number of halogens is 1. The van der Waals surface area contributed by atoms with Crippen molar-refractivity contribution in [3.63, 3.8) is 0 Å². The Labute approximate surface area is 148 Å². The lowest BCUT2D eigenvalue weighted by atomic mass is 10.2. The number of sulfonamides is 1. The Bertz CT molecular complexity index is 748. The lowest BCUT2D eigenvalue weighted by Crippen LogP contribution is -2.35. The second-order valence-corrected chi connectivity index (χ2v) is 8.61. The van der Waals surface area contributed by atoms with E-state index in [4.69, 9.17) is 0 Å². The molecule has 2 saturated heterocycles. The molecule has 3 rings (SSSR count). The average molecular weight is 369 g/mol. The predicted molar refractivity (Wildman–Crippen MR) is 92.4 cm³/mol. The summed E-state index contributed by atoms with van der Waals surface area (Å²) in [6.45, 7) is 3.69. The van der Waals surface area contributed by atoms with Crippen LogP contribution in [0.2, 0.25) is 0 Å². The van der Waals surface area contributed by atoms with E-state index >= 15 is 0 Å². The molecule has 0 saturated carbocycles. The molecule has 8 heteroatoms. The van der Waals surface area contributed by atoms with Gasteiger partial charge in [-0.2, -0.15) is 4.31 Å². The van der Waals surface area contributed by atoms with Crippen molar-refractivity contribution in [1.82, 2.24) is 14.1 Å². The van der Waals surface area contributed by atoms with Crippen LogP contribution in [0.4, 0.5) is 4.39 Å². The molecule has 25 heavy (non-hydrogen) atoms. The third-order valence-electron chi connectivity index (χ3n) is 4.87. The van der Waals surface area contributed by atoms with Gasteiger partial charge in [-0.1, -0.05) is 0 Å². The van der Waals surface area contributed by atoms with Crippen molar-refractivity contribution in [3.05, 3.63) is 29.6 Å². The molecule has 138 valence electrons. The van der Waals surface area contributed by atoms with Gasteiger partial charge in [-0.15, -0.1) is 0 Å². The van der Waals surface area contributed by atoms with Crippen molar-refractivity contribution in [2.75, 3.05) is 46.3 Å². The summed E-state index contributed by atoms with van der Waals surface area (Å²) in [7, 11) is -1.89. The molecule has 0 spiro atoms. The fraction of sp³-hybridized carbons (Fsp3) is 0.588. The predicted octanol–water partition coefficient (Wildman–Crippen LogP) is 1.39. The monoisotopic (exact) mass is 369 g/mol. The van der Waals surface area contributed by atoms with Gasteiger partial charge in [0.15, 0.2) is 0 Å². The van der Waals surface area contributed by atoms with Crippen molar-refractivity contribution in [2.24, 2.45) is 0 Å². The summed E-state index contributed by atoms with van der Waals surface area (Å²) < 4.78 is 40.8. The van der Waals surface area contributed by atoms with Crippen LogP contribution in [-0.4, -0.2) is 74.7 Å². The maximum atomic E-state index is 14.2. The topological polar surface area (TPSA) is 60.9 Å². The van der Waals surface area contributed by atoms with E-state index in [0.29, 0.717) is 26.2 Å². The molecule has 2 aliphatic rings. The highest BCUT2D eigenvalue weighted by Gasteiger charge is 2.31. The number of benzene rings is 1. The molecule has 0 N–H and O–H groups in total. The molecule has 0 aromatic heterocycles. The van der Waals surface area contributed by atoms with Gasteiger partial charge < -0.3 is 9.80 Å². The van der Waals surface area contributed by atoms with E-state index in [1.807, 2.05) is 7.05 Å². The molecule has 0 aliphatic carbocycles. The van der Waals surface area contributed by atoms with Crippen molar-refractivity contribution in [2.45, 2.75) is 24.2 Å². The summed E-state index contributed by atoms with van der Waals surface area (Å²) in [6, 6.07) is 3.65. The summed E-state index contributed by atoms with van der Waals surface area (Å²) in [5, 5.41) is 0. The fourth-order valence-electron chi connectivity index (χ4n) is 3.33. The molecule has 0 radical (unpaired) electrons. The van der Waals surface area contributed by atoms with Crippen molar-refractivity contribution < 1.29 is 17.6 Å². The Morgan fingerprint density at radius 1 is 1.00 bits per heavy atom. The molecule has 0 atom stereocenters. The maximum Gasteiger partial charge on any atom is 0.253 e. The number of amides is 1. The number of hydrogen-bond acceptors (Lipinski definition) is 4. The minimum atomic E-state index is -3.89. The lowest BCUT2D eigenvalue weighted by molar-refractivity contribution is 0.0762. The molecule has 6 nitrogen and oxygen atoms in total. The first-order valence-electron chi connectivity index (χ1n) is 8.67. The van der Waals surface area contributed by atoms with E-state index in [9.17, 15) is 17.6 Å². The zero-order valence-electron chi connectivity index (χ0n) is 14.4. The van der Waals surface area contributed by atoms with Gasteiger partial charge in [0.25, 0.3) is 5.91 Å². The van der Waals surface area contributed by atoms with Crippen LogP contribution in [0, 0.1) is 5.82 Å². The van der Waals surface area contributed by atoms with Crippen LogP contribution in [0.5, 0.6) is 0 Å². The molecule has 0 unspecified atom stereocenters. The van der Waals surface area contributed by atoms with Crippen LogP contribution in [0.15, 0.2) is 23.1 Å². The molecule has 2 fully saturated rings. The molecular formula is C17H24FN3O3S. The molecular weight excluding hydrogens is 345 g/mol. The summed E-state index contributed by atoms with van der Waals surface area (Å²) >= 11 is 0. The van der Waals surface area contributed by atoms with Crippen LogP contribution in [-0.2, 0) is 10.0 Å². The standard InChI is InChI=1S/C17H24FN3O3S/c1-19-7-4-8-20(12-11-19)17(22)14-5-6-15(18)16(13-14)25(23,24)21-9-2-3-10-21/h5-6,13H,2-4,7-12H2,1H3. The third kappa shape index (κ3) is 3.86. The molecule has 1 aromatic rings. The second kappa shape index (κ2) is 7.39. The molecule has 2 aliphatic heterocycles. The number of nitrogens with zero attached hydrogens (tertiary/aromatic N) is 3. The lowest BCUT2D eigenvalue weighted by Gasteiger charge is -2.21. The van der Waals surface area contributed by atoms with E-state index in [-0.39, 0.29) is 11.5 Å². The third-order valence-corrected chi connectivity index (χ3v) is 6.78. The van der Waals surface area contributed by atoms with E-state index in [1.54, 1.807) is 4.90 Å². The number of carbonyl (C=O) groups is 1. The Kier molecular flexibility index (Phi) is 5.41. The zero-order valence-corrected chi connectivity index (χ0v) is 15.3. The van der Waals surface area contributed by atoms with Crippen molar-refractivity contribution in [3.8, 4) is 0 Å². The van der Waals surface area contributed by atoms with Gasteiger partial charge in [0.1, 0.15) is 10.7 Å². The van der Waals surface area contributed by atoms with Gasteiger partial charge in [-0.05, 0) is 51.1 Å². The van der Waals surface area contributed by atoms with Gasteiger partial charge in [-0.3, -0.25) is 4.79 Å². The van der Waals surface area contributed by atoms with Crippen LogP contribution < -0.4 is 0 Å².